The van der Waals surface area contributed by atoms with Crippen LogP contribution in [0.25, 0.3) is 0 Å². The Labute approximate surface area is 56.8 Å². The Hall–Kier alpha value is -0.573. The molecule has 0 saturated carbocycles. The van der Waals surface area contributed by atoms with Gasteiger partial charge in [-0.1, -0.05) is 19.2 Å². The third-order valence-corrected chi connectivity index (χ3v) is 3.25. The van der Waals surface area contributed by atoms with Gasteiger partial charge in [-0.05, 0) is 0 Å². The van der Waals surface area contributed by atoms with Gasteiger partial charge in [-0.25, -0.2) is 0 Å². The molecule has 52 valence electrons. The van der Waals surface area contributed by atoms with Crippen molar-refractivity contribution in [2.45, 2.75) is 18.6 Å². The first-order chi connectivity index (χ1) is 4.09. The lowest BCUT2D eigenvalue weighted by molar-refractivity contribution is -0.136. The molecule has 2 nitrogen and oxygen atoms in total. The second-order valence-corrected chi connectivity index (χ2v) is 5.55. The van der Waals surface area contributed by atoms with Crippen LogP contribution in [0.1, 0.15) is 0 Å². The SMILES string of the molecule is C=CC(C(=O)O)[SiH](C)C. The molecular weight excluding hydrogens is 132 g/mol. The number of hydrogen-bond acceptors (Lipinski definition) is 1. The molecule has 1 unspecified atom stereocenters. The van der Waals surface area contributed by atoms with E-state index >= 15 is 0 Å². The largest absolute Gasteiger partial charge is 0.481 e. The predicted octanol–water partition coefficient (Wildman–Crippen LogP) is 1.11. The molecule has 3 heteroatoms. The van der Waals surface area contributed by atoms with Crippen molar-refractivity contribution in [3.63, 3.8) is 0 Å². The van der Waals surface area contributed by atoms with Gasteiger partial charge < -0.3 is 5.11 Å². The number of carboxylic acids is 1. The van der Waals surface area contributed by atoms with Gasteiger partial charge in [0.1, 0.15) is 0 Å². The van der Waals surface area contributed by atoms with Crippen LogP contribution in [-0.2, 0) is 4.79 Å². The highest BCUT2D eigenvalue weighted by atomic mass is 28.3. The summed E-state index contributed by atoms with van der Waals surface area (Å²) in [7, 11) is -1.06. The highest BCUT2D eigenvalue weighted by molar-refractivity contribution is 6.62. The Kier molecular flexibility index (Phi) is 3.23. The zero-order valence-electron chi connectivity index (χ0n) is 5.79. The summed E-state index contributed by atoms with van der Waals surface area (Å²) in [6, 6.07) is 0. The van der Waals surface area contributed by atoms with Crippen LogP contribution >= 0.6 is 0 Å². The van der Waals surface area contributed by atoms with E-state index < -0.39 is 14.8 Å². The van der Waals surface area contributed by atoms with Crippen LogP contribution in [0, 0.1) is 0 Å². The smallest absolute Gasteiger partial charge is 0.307 e. The second kappa shape index (κ2) is 3.45. The third-order valence-electron chi connectivity index (χ3n) is 1.26. The zero-order valence-corrected chi connectivity index (χ0v) is 6.95. The first-order valence-corrected chi connectivity index (χ1v) is 5.92. The summed E-state index contributed by atoms with van der Waals surface area (Å²) >= 11 is 0. The first kappa shape index (κ1) is 8.43. The Morgan fingerprint density at radius 2 is 2.22 bits per heavy atom. The molecule has 0 aliphatic rings. The molecule has 0 rings (SSSR count). The summed E-state index contributed by atoms with van der Waals surface area (Å²) in [5.74, 6) is -0.730. The molecular formula is C6H12O2Si. The van der Waals surface area contributed by atoms with Crippen molar-refractivity contribution in [1.29, 1.82) is 0 Å². The number of aliphatic carboxylic acids is 1. The highest BCUT2D eigenvalue weighted by Crippen LogP contribution is 2.10. The van der Waals surface area contributed by atoms with Crippen LogP contribution in [0.4, 0.5) is 0 Å². The molecule has 0 amide bonds. The van der Waals surface area contributed by atoms with E-state index in [-0.39, 0.29) is 5.54 Å². The van der Waals surface area contributed by atoms with Gasteiger partial charge in [0, 0.05) is 0 Å². The van der Waals surface area contributed by atoms with Crippen molar-refractivity contribution in [3.8, 4) is 0 Å². The number of carboxylic acid groups (broad SMARTS) is 1. The topological polar surface area (TPSA) is 37.3 Å². The second-order valence-electron chi connectivity index (χ2n) is 2.34. The Morgan fingerprint density at radius 1 is 1.78 bits per heavy atom. The fraction of sp³-hybridized carbons (Fsp3) is 0.500. The highest BCUT2D eigenvalue weighted by Gasteiger charge is 2.17. The molecule has 0 aromatic rings. The van der Waals surface area contributed by atoms with E-state index in [1.165, 1.54) is 6.08 Å². The van der Waals surface area contributed by atoms with Crippen LogP contribution in [0.5, 0.6) is 0 Å². The summed E-state index contributed by atoms with van der Waals surface area (Å²) in [6.07, 6.45) is 1.53. The van der Waals surface area contributed by atoms with Crippen LogP contribution in [0.2, 0.25) is 18.6 Å². The van der Waals surface area contributed by atoms with E-state index in [4.69, 9.17) is 5.11 Å². The average molecular weight is 144 g/mol. The lowest BCUT2D eigenvalue weighted by Gasteiger charge is -2.07. The first-order valence-electron chi connectivity index (χ1n) is 2.95. The van der Waals surface area contributed by atoms with Gasteiger partial charge in [0.2, 0.25) is 0 Å². The van der Waals surface area contributed by atoms with E-state index in [9.17, 15) is 4.79 Å². The minimum absolute atomic E-state index is 0.259. The molecule has 0 saturated heterocycles. The van der Waals surface area contributed by atoms with Gasteiger partial charge in [-0.2, -0.15) is 0 Å². The van der Waals surface area contributed by atoms with Crippen molar-refractivity contribution in [2.75, 3.05) is 0 Å². The predicted molar refractivity (Wildman–Crippen MR) is 40.5 cm³/mol. The standard InChI is InChI=1S/C6H12O2Si/c1-4-5(6(7)8)9(2)3/h4-5,9H,1H2,2-3H3,(H,7,8). The molecule has 9 heavy (non-hydrogen) atoms. The van der Waals surface area contributed by atoms with Gasteiger partial charge in [-0.3, -0.25) is 4.79 Å². The molecule has 0 aliphatic heterocycles. The summed E-state index contributed by atoms with van der Waals surface area (Å²) in [5, 5.41) is 8.51. The van der Waals surface area contributed by atoms with Gasteiger partial charge in [0.25, 0.3) is 0 Å². The van der Waals surface area contributed by atoms with Crippen molar-refractivity contribution in [2.24, 2.45) is 0 Å². The monoisotopic (exact) mass is 144 g/mol. The van der Waals surface area contributed by atoms with Crippen molar-refractivity contribution < 1.29 is 9.90 Å². The number of hydrogen-bond donors (Lipinski definition) is 1. The van der Waals surface area contributed by atoms with Crippen LogP contribution in [-0.4, -0.2) is 19.9 Å². The van der Waals surface area contributed by atoms with E-state index in [1.807, 2.05) is 13.1 Å². The van der Waals surface area contributed by atoms with Crippen molar-refractivity contribution >= 4 is 14.8 Å². The van der Waals surface area contributed by atoms with Crippen molar-refractivity contribution in [1.82, 2.24) is 0 Å². The molecule has 0 spiro atoms. The summed E-state index contributed by atoms with van der Waals surface area (Å²) in [6.45, 7) is 7.46. The molecule has 1 atom stereocenters. The maximum absolute atomic E-state index is 10.3. The van der Waals surface area contributed by atoms with E-state index in [2.05, 4.69) is 6.58 Å². The average Bonchev–Trinajstić information content (AvgIpc) is 1.64. The molecule has 0 fully saturated rings. The fourth-order valence-corrected chi connectivity index (χ4v) is 1.77. The Bertz CT molecular complexity index is 120. The summed E-state index contributed by atoms with van der Waals surface area (Å²) < 4.78 is 0. The van der Waals surface area contributed by atoms with Gasteiger partial charge in [0.15, 0.2) is 0 Å². The maximum Gasteiger partial charge on any atom is 0.307 e. The molecule has 0 radical (unpaired) electrons. The van der Waals surface area contributed by atoms with E-state index in [0.29, 0.717) is 0 Å². The van der Waals surface area contributed by atoms with E-state index in [1.54, 1.807) is 0 Å². The van der Waals surface area contributed by atoms with Gasteiger partial charge in [0.05, 0.1) is 14.3 Å². The Balaban J connectivity index is 3.98. The van der Waals surface area contributed by atoms with Crippen LogP contribution in [0.3, 0.4) is 0 Å². The van der Waals surface area contributed by atoms with Crippen LogP contribution < -0.4 is 0 Å². The fourth-order valence-electron chi connectivity index (χ4n) is 0.658. The molecule has 0 aromatic carbocycles. The zero-order chi connectivity index (χ0) is 7.44. The number of rotatable bonds is 3. The molecule has 0 bridgehead atoms. The minimum atomic E-state index is -1.06. The lowest BCUT2D eigenvalue weighted by atomic mass is 10.4. The maximum atomic E-state index is 10.3. The lowest BCUT2D eigenvalue weighted by Crippen LogP contribution is -2.18. The summed E-state index contributed by atoms with van der Waals surface area (Å²) in [4.78, 5) is 10.3. The third kappa shape index (κ3) is 2.46. The number of carbonyl (C=O) groups is 1. The molecule has 0 aromatic heterocycles. The quantitative estimate of drug-likeness (QED) is 0.476. The van der Waals surface area contributed by atoms with Crippen LogP contribution in [0.15, 0.2) is 12.7 Å². The summed E-state index contributed by atoms with van der Waals surface area (Å²) in [5.41, 5.74) is -0.259. The molecule has 0 heterocycles. The van der Waals surface area contributed by atoms with Gasteiger partial charge in [-0.15, -0.1) is 6.58 Å². The minimum Gasteiger partial charge on any atom is -0.481 e. The Morgan fingerprint density at radius 3 is 2.22 bits per heavy atom. The van der Waals surface area contributed by atoms with Crippen molar-refractivity contribution in [3.05, 3.63) is 12.7 Å². The van der Waals surface area contributed by atoms with Gasteiger partial charge >= 0.3 is 5.97 Å². The van der Waals surface area contributed by atoms with E-state index in [0.717, 1.165) is 0 Å². The molecule has 0 aliphatic carbocycles. The normalized spacial score (nSPS) is 13.2. The molecule has 1 N–H and O–H groups in total.